The Morgan fingerprint density at radius 3 is 2.45 bits per heavy atom. The molecule has 0 saturated carbocycles. The van der Waals surface area contributed by atoms with Crippen molar-refractivity contribution in [2.45, 2.75) is 70.1 Å². The van der Waals surface area contributed by atoms with Gasteiger partial charge in [0.1, 0.15) is 34.1 Å². The van der Waals surface area contributed by atoms with Crippen molar-refractivity contribution in [3.63, 3.8) is 0 Å². The van der Waals surface area contributed by atoms with Gasteiger partial charge in [-0.05, 0) is 63.3 Å². The molecule has 14 heteroatoms. The Morgan fingerprint density at radius 1 is 1.29 bits per heavy atom. The summed E-state index contributed by atoms with van der Waals surface area (Å²) in [6.45, 7) is 3.76. The number of ether oxygens (including phenoxy) is 2. The number of amides is 3. The summed E-state index contributed by atoms with van der Waals surface area (Å²) in [5.74, 6) is -2.06. The Labute approximate surface area is 230 Å². The van der Waals surface area contributed by atoms with E-state index in [1.807, 2.05) is 0 Å². The van der Waals surface area contributed by atoms with Crippen LogP contribution in [0, 0.1) is 11.8 Å². The molecule has 4 N–H and O–H groups in total. The van der Waals surface area contributed by atoms with Gasteiger partial charge in [0.25, 0.3) is 0 Å². The summed E-state index contributed by atoms with van der Waals surface area (Å²) >= 11 is 5.85. The molecule has 2 rings (SSSR count). The van der Waals surface area contributed by atoms with E-state index in [4.69, 9.17) is 23.8 Å². The van der Waals surface area contributed by atoms with Crippen molar-refractivity contribution < 1.29 is 44.7 Å². The third kappa shape index (κ3) is 10.3. The normalized spacial score (nSPS) is 19.5. The first-order chi connectivity index (χ1) is 18.3. The van der Waals surface area contributed by atoms with Crippen molar-refractivity contribution in [2.75, 3.05) is 13.1 Å². The number of benzene rings is 1. The molecule has 12 nitrogen and oxygen atoms in total. The van der Waals surface area contributed by atoms with Crippen LogP contribution in [0.4, 0.5) is 4.79 Å². The Hall–Kier alpha value is -2.61. The second-order valence-corrected chi connectivity index (χ2v) is 11.8. The molecule has 0 spiro atoms. The Kier molecular flexibility index (Phi) is 10.1. The van der Waals surface area contributed by atoms with Crippen LogP contribution in [0.2, 0.25) is 5.02 Å². The summed E-state index contributed by atoms with van der Waals surface area (Å²) in [7, 11) is -5.27. The van der Waals surface area contributed by atoms with Crippen LogP contribution in [-0.4, -0.2) is 72.2 Å². The Bertz CT molecular complexity index is 1170. The number of hydrogen-bond donors (Lipinski definition) is 4. The molecule has 1 saturated heterocycles. The minimum atomic E-state index is -5.27. The van der Waals surface area contributed by atoms with Crippen molar-refractivity contribution in [1.29, 1.82) is 0 Å². The van der Waals surface area contributed by atoms with Gasteiger partial charge in [-0.2, -0.15) is 0 Å². The van der Waals surface area contributed by atoms with Crippen molar-refractivity contribution in [3.05, 3.63) is 29.3 Å². The minimum absolute atomic E-state index is 0.00541. The number of aliphatic hydroxyl groups is 1. The van der Waals surface area contributed by atoms with E-state index in [1.54, 1.807) is 13.8 Å². The van der Waals surface area contributed by atoms with Crippen molar-refractivity contribution >= 4 is 39.6 Å². The fourth-order valence-electron chi connectivity index (χ4n) is 3.77. The van der Waals surface area contributed by atoms with E-state index >= 15 is 0 Å². The summed E-state index contributed by atoms with van der Waals surface area (Å²) in [6, 6.07) is 3.07. The standard InChI is InChI=1S/C24H36ClN3O9S/c1-14(2)11-18(28-23(32)36-13-24(3,4)37-17-7-5-16(25)6-8-17)21(30)27-19(22(31)38(33,34)35)12-15-9-10-26-20(15)29/h5-8,14-15,18-19,22,31H,9-13H2,1-4H3,(H,26,29)(H,27,30)(H,28,32)(H,33,34,35)/p-1/t15-,18-,19-,22?/m0/s1/i13D2. The Balaban J connectivity index is 2.16. The number of nitrogens with one attached hydrogen (secondary N) is 3. The van der Waals surface area contributed by atoms with Crippen LogP contribution in [0.5, 0.6) is 5.75 Å². The maximum atomic E-state index is 13.1. The van der Waals surface area contributed by atoms with E-state index in [0.29, 0.717) is 18.0 Å². The van der Waals surface area contributed by atoms with Crippen LogP contribution in [0.15, 0.2) is 24.3 Å². The molecule has 0 bridgehead atoms. The topological polar surface area (TPSA) is 183 Å². The first kappa shape index (κ1) is 28.4. The van der Waals surface area contributed by atoms with Gasteiger partial charge in [-0.25, -0.2) is 13.2 Å². The van der Waals surface area contributed by atoms with E-state index in [0.717, 1.165) is 0 Å². The van der Waals surface area contributed by atoms with E-state index in [-0.39, 0.29) is 24.5 Å². The second-order valence-electron chi connectivity index (χ2n) is 9.90. The molecule has 1 unspecified atom stereocenters. The van der Waals surface area contributed by atoms with E-state index < -0.39 is 63.6 Å². The highest BCUT2D eigenvalue weighted by atomic mass is 35.5. The third-order valence-corrected chi connectivity index (χ3v) is 6.73. The van der Waals surface area contributed by atoms with Gasteiger partial charge >= 0.3 is 6.09 Å². The highest BCUT2D eigenvalue weighted by Gasteiger charge is 2.35. The number of aliphatic hydroxyl groups excluding tert-OH is 1. The lowest BCUT2D eigenvalue weighted by atomic mass is 9.97. The van der Waals surface area contributed by atoms with E-state index in [1.165, 1.54) is 38.1 Å². The highest BCUT2D eigenvalue weighted by molar-refractivity contribution is 7.86. The molecule has 1 aliphatic heterocycles. The fraction of sp³-hybridized carbons (Fsp3) is 0.625. The average molecular weight is 579 g/mol. The fourth-order valence-corrected chi connectivity index (χ4v) is 4.48. The quantitative estimate of drug-likeness (QED) is 0.252. The predicted octanol–water partition coefficient (Wildman–Crippen LogP) is 1.51. The Morgan fingerprint density at radius 2 is 1.92 bits per heavy atom. The van der Waals surface area contributed by atoms with Gasteiger partial charge in [0.2, 0.25) is 11.8 Å². The van der Waals surface area contributed by atoms with Gasteiger partial charge in [0, 0.05) is 17.5 Å². The minimum Gasteiger partial charge on any atom is -0.746 e. The van der Waals surface area contributed by atoms with Gasteiger partial charge in [-0.1, -0.05) is 25.4 Å². The van der Waals surface area contributed by atoms with Crippen molar-refractivity contribution in [3.8, 4) is 5.75 Å². The number of hydrogen-bond acceptors (Lipinski definition) is 9. The van der Waals surface area contributed by atoms with Crippen LogP contribution in [0.25, 0.3) is 0 Å². The number of rotatable bonds is 13. The summed E-state index contributed by atoms with van der Waals surface area (Å²) in [6.07, 6.45) is -1.34. The molecule has 1 aromatic rings. The van der Waals surface area contributed by atoms with Gasteiger partial charge in [-0.3, -0.25) is 9.59 Å². The smallest absolute Gasteiger partial charge is 0.407 e. The van der Waals surface area contributed by atoms with Crippen LogP contribution in [0.1, 0.15) is 49.7 Å². The summed E-state index contributed by atoms with van der Waals surface area (Å²) < 4.78 is 61.8. The van der Waals surface area contributed by atoms with Crippen molar-refractivity contribution in [2.24, 2.45) is 11.8 Å². The van der Waals surface area contributed by atoms with Crippen LogP contribution < -0.4 is 20.7 Å². The molecule has 1 aromatic carbocycles. The van der Waals surface area contributed by atoms with Crippen LogP contribution in [0.3, 0.4) is 0 Å². The number of carbonyl (C=O) groups is 3. The number of halogens is 1. The molecule has 38 heavy (non-hydrogen) atoms. The summed E-state index contributed by atoms with van der Waals surface area (Å²) in [5.41, 5.74) is -4.25. The highest BCUT2D eigenvalue weighted by Crippen LogP contribution is 2.22. The van der Waals surface area contributed by atoms with Gasteiger partial charge in [-0.15, -0.1) is 0 Å². The average Bonchev–Trinajstić information content (AvgIpc) is 3.21. The molecule has 214 valence electrons. The predicted molar refractivity (Wildman–Crippen MR) is 137 cm³/mol. The lowest BCUT2D eigenvalue weighted by Crippen LogP contribution is -2.55. The van der Waals surface area contributed by atoms with Gasteiger partial charge in [0.15, 0.2) is 5.44 Å². The van der Waals surface area contributed by atoms with E-state index in [9.17, 15) is 32.5 Å². The zero-order chi connectivity index (χ0) is 30.5. The molecule has 0 aliphatic carbocycles. The SMILES string of the molecule is [2H]C([2H])(OC(=O)N[C@@H](CC(C)C)C(=O)N[C@@H](C[C@@H]1CCNC1=O)C(O)S(=O)(=O)[O-])C(C)(C)Oc1ccc(Cl)cc1. The zero-order valence-corrected chi connectivity index (χ0v) is 23.1. The monoisotopic (exact) mass is 578 g/mol. The van der Waals surface area contributed by atoms with Crippen LogP contribution >= 0.6 is 11.6 Å². The van der Waals surface area contributed by atoms with Crippen molar-refractivity contribution in [1.82, 2.24) is 16.0 Å². The van der Waals surface area contributed by atoms with E-state index in [2.05, 4.69) is 16.0 Å². The molecule has 0 aromatic heterocycles. The molecular weight excluding hydrogens is 542 g/mol. The summed E-state index contributed by atoms with van der Waals surface area (Å²) in [4.78, 5) is 37.8. The molecule has 4 atom stereocenters. The van der Waals surface area contributed by atoms with Gasteiger partial charge < -0.3 is 35.1 Å². The number of carbonyl (C=O) groups excluding carboxylic acids is 3. The lowest BCUT2D eigenvalue weighted by molar-refractivity contribution is -0.126. The van der Waals surface area contributed by atoms with Gasteiger partial charge in [0.05, 0.1) is 8.78 Å². The summed E-state index contributed by atoms with van der Waals surface area (Å²) in [5, 5.41) is 17.6. The first-order valence-corrected chi connectivity index (χ1v) is 13.8. The molecule has 3 amide bonds. The largest absolute Gasteiger partial charge is 0.746 e. The third-order valence-electron chi connectivity index (χ3n) is 5.56. The first-order valence-electron chi connectivity index (χ1n) is 13.0. The molecule has 1 fully saturated rings. The maximum Gasteiger partial charge on any atom is 0.407 e. The maximum absolute atomic E-state index is 13.1. The lowest BCUT2D eigenvalue weighted by Gasteiger charge is -2.30. The molecule has 0 radical (unpaired) electrons. The van der Waals surface area contributed by atoms with Crippen LogP contribution in [-0.2, 0) is 24.4 Å². The number of alkyl carbamates (subject to hydrolysis) is 1. The molecule has 1 aliphatic rings. The molecular formula is C24H35ClN3O9S-. The zero-order valence-electron chi connectivity index (χ0n) is 23.5. The second kappa shape index (κ2) is 13.5. The molecule has 1 heterocycles.